The number of nitrogens with zero attached hydrogens (tertiary/aromatic N) is 1. The van der Waals surface area contributed by atoms with Crippen LogP contribution in [0.2, 0.25) is 0 Å². The Bertz CT molecular complexity index is 1220. The minimum Gasteiger partial charge on any atom is -0.481 e. The van der Waals surface area contributed by atoms with Crippen molar-refractivity contribution in [3.05, 3.63) is 59.5 Å². The number of carboxylic acids is 1. The van der Waals surface area contributed by atoms with Gasteiger partial charge in [0, 0.05) is 16.8 Å². The quantitative estimate of drug-likeness (QED) is 0.520. The molecule has 1 heterocycles. The molecule has 0 spiro atoms. The second-order valence-electron chi connectivity index (χ2n) is 5.94. The van der Waals surface area contributed by atoms with Crippen LogP contribution >= 0.6 is 0 Å². The van der Waals surface area contributed by atoms with Gasteiger partial charge in [0.1, 0.15) is 5.82 Å². The summed E-state index contributed by atoms with van der Waals surface area (Å²) in [5, 5.41) is 9.35. The topological polar surface area (TPSA) is 126 Å². The third kappa shape index (κ3) is 3.63. The number of hydrogen-bond acceptors (Lipinski definition) is 4. The van der Waals surface area contributed by atoms with Crippen molar-refractivity contribution in [1.82, 2.24) is 3.97 Å². The summed E-state index contributed by atoms with van der Waals surface area (Å²) >= 11 is -2.39. The van der Waals surface area contributed by atoms with Crippen LogP contribution < -0.4 is 4.72 Å². The lowest BCUT2D eigenvalue weighted by atomic mass is 10.1. The van der Waals surface area contributed by atoms with Gasteiger partial charge in [0.2, 0.25) is 0 Å². The van der Waals surface area contributed by atoms with Crippen molar-refractivity contribution in [2.45, 2.75) is 18.2 Å². The van der Waals surface area contributed by atoms with E-state index in [9.17, 15) is 21.8 Å². The maximum atomic E-state index is 13.7. The third-order valence-corrected chi connectivity index (χ3v) is 6.36. The van der Waals surface area contributed by atoms with Crippen molar-refractivity contribution < 1.29 is 31.5 Å². The molecule has 0 saturated carbocycles. The van der Waals surface area contributed by atoms with Gasteiger partial charge in [-0.1, -0.05) is 6.07 Å². The number of aromatic nitrogens is 1. The fourth-order valence-corrected chi connectivity index (χ4v) is 4.99. The zero-order valence-electron chi connectivity index (χ0n) is 14.4. The number of fused-ring (bicyclic) bond motifs is 1. The number of halogens is 1. The molecular formula is C17H15FN2O6S2. The molecule has 28 heavy (non-hydrogen) atoms. The summed E-state index contributed by atoms with van der Waals surface area (Å²) in [6.07, 6.45) is -0.473. The summed E-state index contributed by atoms with van der Waals surface area (Å²) < 4.78 is 63.2. The molecule has 3 N–H and O–H groups in total. The van der Waals surface area contributed by atoms with E-state index in [-0.39, 0.29) is 32.7 Å². The lowest BCUT2D eigenvalue weighted by molar-refractivity contribution is -0.136. The van der Waals surface area contributed by atoms with Crippen LogP contribution in [0.5, 0.6) is 0 Å². The molecule has 8 nitrogen and oxygen atoms in total. The molecule has 148 valence electrons. The van der Waals surface area contributed by atoms with Crippen LogP contribution in [0.1, 0.15) is 11.3 Å². The molecule has 1 atom stereocenters. The van der Waals surface area contributed by atoms with Gasteiger partial charge in [0.05, 0.1) is 16.8 Å². The van der Waals surface area contributed by atoms with Gasteiger partial charge in [0.15, 0.2) is 0 Å². The molecule has 0 aliphatic rings. The predicted octanol–water partition coefficient (Wildman–Crippen LogP) is 2.50. The number of nitrogens with one attached hydrogen (secondary N) is 1. The fourth-order valence-electron chi connectivity index (χ4n) is 3.04. The van der Waals surface area contributed by atoms with Crippen LogP contribution in [0.3, 0.4) is 0 Å². The van der Waals surface area contributed by atoms with E-state index in [0.29, 0.717) is 0 Å². The number of benzene rings is 2. The van der Waals surface area contributed by atoms with E-state index in [1.807, 2.05) is 0 Å². The van der Waals surface area contributed by atoms with E-state index >= 15 is 0 Å². The van der Waals surface area contributed by atoms with Gasteiger partial charge in [-0.25, -0.2) is 21.0 Å². The van der Waals surface area contributed by atoms with Crippen molar-refractivity contribution in [1.29, 1.82) is 0 Å². The summed E-state index contributed by atoms with van der Waals surface area (Å²) in [5.41, 5.74) is 0.579. The first-order valence-electron chi connectivity index (χ1n) is 7.85. The Morgan fingerprint density at radius 1 is 1.25 bits per heavy atom. The normalized spacial score (nSPS) is 12.8. The second-order valence-corrected chi connectivity index (χ2v) is 8.43. The Labute approximate surface area is 162 Å². The van der Waals surface area contributed by atoms with Crippen LogP contribution in [-0.2, 0) is 32.5 Å². The summed E-state index contributed by atoms with van der Waals surface area (Å²) in [7, 11) is -4.20. The highest BCUT2D eigenvalue weighted by molar-refractivity contribution is 7.90. The minimum absolute atomic E-state index is 0.104. The van der Waals surface area contributed by atoms with Gasteiger partial charge in [-0.3, -0.25) is 14.1 Å². The molecule has 3 aromatic rings. The average Bonchev–Trinajstić information content (AvgIpc) is 2.86. The maximum Gasteiger partial charge on any atom is 0.307 e. The number of anilines is 1. The SMILES string of the molecule is Cc1c(CC(=O)O)c2cc(F)ccc2n1S(=O)(=O)c1cccc(NS(=O)O)c1. The van der Waals surface area contributed by atoms with E-state index < -0.39 is 39.5 Å². The van der Waals surface area contributed by atoms with E-state index in [1.54, 1.807) is 0 Å². The van der Waals surface area contributed by atoms with Crippen LogP contribution in [0.4, 0.5) is 10.1 Å². The van der Waals surface area contributed by atoms with Crippen LogP contribution in [0.25, 0.3) is 10.9 Å². The van der Waals surface area contributed by atoms with E-state index in [2.05, 4.69) is 4.72 Å². The lowest BCUT2D eigenvalue weighted by Crippen LogP contribution is -2.15. The van der Waals surface area contributed by atoms with Crippen molar-refractivity contribution >= 4 is 43.8 Å². The average molecular weight is 426 g/mol. The van der Waals surface area contributed by atoms with Crippen molar-refractivity contribution in [3.63, 3.8) is 0 Å². The lowest BCUT2D eigenvalue weighted by Gasteiger charge is -2.11. The number of rotatable bonds is 6. The van der Waals surface area contributed by atoms with Crippen LogP contribution in [-0.4, -0.2) is 32.2 Å². The number of hydrogen-bond donors (Lipinski definition) is 3. The molecule has 1 aromatic heterocycles. The number of carbonyl (C=O) groups is 1. The molecule has 2 aromatic carbocycles. The first-order valence-corrected chi connectivity index (χ1v) is 10.4. The van der Waals surface area contributed by atoms with Gasteiger partial charge in [-0.2, -0.15) is 0 Å². The van der Waals surface area contributed by atoms with Crippen LogP contribution in [0.15, 0.2) is 47.4 Å². The summed E-state index contributed by atoms with van der Waals surface area (Å²) in [6.45, 7) is 1.44. The molecule has 3 rings (SSSR count). The Morgan fingerprint density at radius 3 is 2.61 bits per heavy atom. The Balaban J connectivity index is 2.27. The molecule has 0 bridgehead atoms. The molecule has 0 amide bonds. The van der Waals surface area contributed by atoms with Crippen molar-refractivity contribution in [2.75, 3.05) is 4.72 Å². The first-order chi connectivity index (χ1) is 13.1. The molecule has 0 radical (unpaired) electrons. The smallest absolute Gasteiger partial charge is 0.307 e. The van der Waals surface area contributed by atoms with Crippen molar-refractivity contribution in [2.24, 2.45) is 0 Å². The largest absolute Gasteiger partial charge is 0.481 e. The molecule has 0 aliphatic heterocycles. The summed E-state index contributed by atoms with van der Waals surface area (Å²) in [6, 6.07) is 8.73. The summed E-state index contributed by atoms with van der Waals surface area (Å²) in [4.78, 5) is 11.0. The maximum absolute atomic E-state index is 13.7. The molecular weight excluding hydrogens is 411 g/mol. The molecule has 1 unspecified atom stereocenters. The molecule has 11 heteroatoms. The number of aliphatic carboxylic acids is 1. The Morgan fingerprint density at radius 2 is 1.96 bits per heavy atom. The molecule has 0 fully saturated rings. The second kappa shape index (κ2) is 7.34. The third-order valence-electron chi connectivity index (χ3n) is 4.15. The fraction of sp³-hybridized carbons (Fsp3) is 0.118. The summed E-state index contributed by atoms with van der Waals surface area (Å²) in [5.74, 6) is -1.80. The zero-order chi connectivity index (χ0) is 20.6. The minimum atomic E-state index is -4.20. The predicted molar refractivity (Wildman–Crippen MR) is 101 cm³/mol. The van der Waals surface area contributed by atoms with Gasteiger partial charge in [0.25, 0.3) is 21.3 Å². The highest BCUT2D eigenvalue weighted by Crippen LogP contribution is 2.31. The Kier molecular flexibility index (Phi) is 5.24. The van der Waals surface area contributed by atoms with E-state index in [4.69, 9.17) is 9.66 Å². The zero-order valence-corrected chi connectivity index (χ0v) is 16.1. The Hall–Kier alpha value is -2.76. The highest BCUT2D eigenvalue weighted by Gasteiger charge is 2.26. The molecule has 0 aliphatic carbocycles. The van der Waals surface area contributed by atoms with Gasteiger partial charge >= 0.3 is 5.97 Å². The standard InChI is InChI=1S/C17H15FN2O6S2/c1-10-14(9-17(21)22)15-7-11(18)5-6-16(15)20(10)28(25,26)13-4-2-3-12(8-13)19-27(23)24/h2-8,19H,9H2,1H3,(H,21,22)(H,23,24). The van der Waals surface area contributed by atoms with E-state index in [0.717, 1.165) is 16.1 Å². The van der Waals surface area contributed by atoms with Gasteiger partial charge in [-0.15, -0.1) is 0 Å². The van der Waals surface area contributed by atoms with Gasteiger partial charge in [-0.05, 0) is 48.9 Å². The van der Waals surface area contributed by atoms with Gasteiger partial charge < -0.3 is 5.11 Å². The highest BCUT2D eigenvalue weighted by atomic mass is 32.2. The van der Waals surface area contributed by atoms with E-state index in [1.165, 1.54) is 37.3 Å². The molecule has 0 saturated heterocycles. The van der Waals surface area contributed by atoms with Crippen LogP contribution in [0, 0.1) is 12.7 Å². The monoisotopic (exact) mass is 426 g/mol. The van der Waals surface area contributed by atoms with Crippen molar-refractivity contribution in [3.8, 4) is 0 Å². The first kappa shape index (κ1) is 20.0. The number of carboxylic acid groups (broad SMARTS) is 1.